The van der Waals surface area contributed by atoms with Crippen molar-refractivity contribution >= 4 is 0 Å². The summed E-state index contributed by atoms with van der Waals surface area (Å²) in [5, 5.41) is 3.80. The van der Waals surface area contributed by atoms with Gasteiger partial charge in [-0.1, -0.05) is 37.6 Å². The highest BCUT2D eigenvalue weighted by Gasteiger charge is 2.55. The molecule has 2 fully saturated rings. The molecule has 0 aliphatic heterocycles. The highest BCUT2D eigenvalue weighted by Crippen LogP contribution is 2.60. The lowest BCUT2D eigenvalue weighted by Crippen LogP contribution is -2.36. The van der Waals surface area contributed by atoms with Crippen molar-refractivity contribution in [3.05, 3.63) is 35.4 Å². The van der Waals surface area contributed by atoms with Gasteiger partial charge in [-0.25, -0.2) is 0 Å². The molecule has 19 heavy (non-hydrogen) atoms. The van der Waals surface area contributed by atoms with Crippen molar-refractivity contribution < 1.29 is 0 Å². The average Bonchev–Trinajstić information content (AvgIpc) is 2.87. The molecule has 0 heterocycles. The van der Waals surface area contributed by atoms with E-state index in [1.165, 1.54) is 32.1 Å². The van der Waals surface area contributed by atoms with E-state index in [0.29, 0.717) is 0 Å². The van der Waals surface area contributed by atoms with Crippen LogP contribution in [0.4, 0.5) is 0 Å². The molecule has 2 saturated carbocycles. The van der Waals surface area contributed by atoms with Crippen LogP contribution in [0.15, 0.2) is 24.3 Å². The average molecular weight is 255 g/mol. The zero-order valence-corrected chi connectivity index (χ0v) is 11.9. The maximum atomic E-state index is 3.80. The van der Waals surface area contributed by atoms with Crippen molar-refractivity contribution in [3.8, 4) is 0 Å². The minimum absolute atomic E-state index is 0.790. The molecule has 1 heteroatoms. The molecule has 1 N–H and O–H groups in total. The fraction of sp³-hybridized carbons (Fsp3) is 0.667. The minimum Gasteiger partial charge on any atom is -0.314 e. The number of hydrogen-bond acceptors (Lipinski definition) is 1. The van der Waals surface area contributed by atoms with E-state index >= 15 is 0 Å². The summed E-state index contributed by atoms with van der Waals surface area (Å²) in [6, 6.07) is 9.83. The van der Waals surface area contributed by atoms with Gasteiger partial charge in [-0.2, -0.15) is 0 Å². The third kappa shape index (κ3) is 1.94. The summed E-state index contributed by atoms with van der Waals surface area (Å²) < 4.78 is 0. The number of fused-ring (bicyclic) bond motifs is 2. The van der Waals surface area contributed by atoms with Gasteiger partial charge < -0.3 is 5.32 Å². The van der Waals surface area contributed by atoms with E-state index in [1.54, 1.807) is 11.1 Å². The zero-order valence-electron chi connectivity index (χ0n) is 11.9. The maximum absolute atomic E-state index is 3.80. The zero-order chi connectivity index (χ0) is 12.8. The third-order valence-electron chi connectivity index (χ3n) is 5.90. The lowest BCUT2D eigenvalue weighted by molar-refractivity contribution is 0.354. The molecule has 3 aliphatic carbocycles. The van der Waals surface area contributed by atoms with Crippen LogP contribution in [0.5, 0.6) is 0 Å². The summed E-state index contributed by atoms with van der Waals surface area (Å²) in [5.41, 5.74) is 3.23. The number of benzene rings is 1. The summed E-state index contributed by atoms with van der Waals surface area (Å²) in [5.74, 6) is 4.02. The summed E-state index contributed by atoms with van der Waals surface area (Å²) >= 11 is 0. The Labute approximate surface area is 116 Å². The Bertz CT molecular complexity index is 457. The molecule has 0 radical (unpaired) electrons. The monoisotopic (exact) mass is 255 g/mol. The van der Waals surface area contributed by atoms with Gasteiger partial charge in [0, 0.05) is 6.04 Å². The highest BCUT2D eigenvalue weighted by atomic mass is 14.9. The van der Waals surface area contributed by atoms with Crippen LogP contribution >= 0.6 is 0 Å². The molecular weight excluding hydrogens is 230 g/mol. The van der Waals surface area contributed by atoms with Crippen molar-refractivity contribution in [2.24, 2.45) is 17.8 Å². The molecular formula is C18H25N. The number of rotatable bonds is 5. The van der Waals surface area contributed by atoms with E-state index in [4.69, 9.17) is 0 Å². The van der Waals surface area contributed by atoms with Gasteiger partial charge in [0.1, 0.15) is 0 Å². The minimum atomic E-state index is 0.790. The Morgan fingerprint density at radius 3 is 2.74 bits per heavy atom. The Hall–Kier alpha value is -0.820. The van der Waals surface area contributed by atoms with Gasteiger partial charge in [0.15, 0.2) is 0 Å². The molecule has 1 aromatic rings. The van der Waals surface area contributed by atoms with Crippen LogP contribution in [0.2, 0.25) is 0 Å². The van der Waals surface area contributed by atoms with E-state index in [1.807, 2.05) is 0 Å². The largest absolute Gasteiger partial charge is 0.314 e. The molecule has 0 saturated heterocycles. The SMILES string of the molecule is CCNC(CC1Cc2ccccc21)C1C2CCCC21. The molecule has 0 spiro atoms. The molecule has 4 unspecified atom stereocenters. The fourth-order valence-corrected chi connectivity index (χ4v) is 4.99. The second-order valence-corrected chi connectivity index (χ2v) is 6.84. The third-order valence-corrected chi connectivity index (χ3v) is 5.90. The van der Waals surface area contributed by atoms with Gasteiger partial charge in [0.05, 0.1) is 0 Å². The van der Waals surface area contributed by atoms with Gasteiger partial charge >= 0.3 is 0 Å². The molecule has 0 aromatic heterocycles. The predicted octanol–water partition coefficient (Wildman–Crippen LogP) is 3.74. The first kappa shape index (κ1) is 12.0. The molecule has 0 amide bonds. The number of hydrogen-bond donors (Lipinski definition) is 1. The molecule has 1 nitrogen and oxygen atoms in total. The van der Waals surface area contributed by atoms with E-state index < -0.39 is 0 Å². The lowest BCUT2D eigenvalue weighted by atomic mass is 9.73. The van der Waals surface area contributed by atoms with Crippen LogP contribution in [0.3, 0.4) is 0 Å². The lowest BCUT2D eigenvalue weighted by Gasteiger charge is -2.34. The number of nitrogens with one attached hydrogen (secondary N) is 1. The quantitative estimate of drug-likeness (QED) is 0.845. The van der Waals surface area contributed by atoms with Crippen molar-refractivity contribution in [2.75, 3.05) is 6.54 Å². The first-order valence-electron chi connectivity index (χ1n) is 8.19. The van der Waals surface area contributed by atoms with Crippen molar-refractivity contribution in [1.29, 1.82) is 0 Å². The van der Waals surface area contributed by atoms with Crippen LogP contribution in [-0.4, -0.2) is 12.6 Å². The van der Waals surface area contributed by atoms with E-state index in [0.717, 1.165) is 36.3 Å². The highest BCUT2D eigenvalue weighted by molar-refractivity contribution is 5.40. The van der Waals surface area contributed by atoms with Crippen LogP contribution in [0.1, 0.15) is 49.7 Å². The van der Waals surface area contributed by atoms with Crippen molar-refractivity contribution in [2.45, 2.75) is 51.0 Å². The van der Waals surface area contributed by atoms with Gasteiger partial charge in [-0.3, -0.25) is 0 Å². The molecule has 3 aliphatic rings. The molecule has 4 rings (SSSR count). The summed E-state index contributed by atoms with van der Waals surface area (Å²) in [6.45, 7) is 3.40. The molecule has 102 valence electrons. The smallest absolute Gasteiger partial charge is 0.0107 e. The molecule has 4 atom stereocenters. The van der Waals surface area contributed by atoms with E-state index in [-0.39, 0.29) is 0 Å². The molecule has 0 bridgehead atoms. The Morgan fingerprint density at radius 1 is 1.21 bits per heavy atom. The van der Waals surface area contributed by atoms with Gasteiger partial charge in [-0.15, -0.1) is 0 Å². The van der Waals surface area contributed by atoms with Crippen LogP contribution in [-0.2, 0) is 6.42 Å². The van der Waals surface area contributed by atoms with Gasteiger partial charge in [0.25, 0.3) is 0 Å². The van der Waals surface area contributed by atoms with Crippen molar-refractivity contribution in [1.82, 2.24) is 5.32 Å². The Morgan fingerprint density at radius 2 is 2.00 bits per heavy atom. The van der Waals surface area contributed by atoms with Crippen LogP contribution < -0.4 is 5.32 Å². The standard InChI is InChI=1S/C18H25N/c1-2-19-17(18-15-8-5-9-16(15)18)11-13-10-12-6-3-4-7-14(12)13/h3-4,6-7,13,15-19H,2,5,8-11H2,1H3. The summed E-state index contributed by atoms with van der Waals surface area (Å²) in [4.78, 5) is 0. The Kier molecular flexibility index (Phi) is 2.91. The van der Waals surface area contributed by atoms with E-state index in [9.17, 15) is 0 Å². The topological polar surface area (TPSA) is 12.0 Å². The predicted molar refractivity (Wildman–Crippen MR) is 79.3 cm³/mol. The fourth-order valence-electron chi connectivity index (χ4n) is 4.99. The first-order valence-corrected chi connectivity index (χ1v) is 8.19. The Balaban J connectivity index is 1.43. The van der Waals surface area contributed by atoms with Crippen molar-refractivity contribution in [3.63, 3.8) is 0 Å². The van der Waals surface area contributed by atoms with E-state index in [2.05, 4.69) is 36.5 Å². The van der Waals surface area contributed by atoms with Crippen LogP contribution in [0, 0.1) is 17.8 Å². The maximum Gasteiger partial charge on any atom is 0.0107 e. The second-order valence-electron chi connectivity index (χ2n) is 6.84. The normalized spacial score (nSPS) is 36.3. The summed E-state index contributed by atoms with van der Waals surface area (Å²) in [7, 11) is 0. The van der Waals surface area contributed by atoms with Gasteiger partial charge in [-0.05, 0) is 67.0 Å². The second kappa shape index (κ2) is 4.63. The first-order chi connectivity index (χ1) is 9.38. The molecule has 1 aromatic carbocycles. The summed E-state index contributed by atoms with van der Waals surface area (Å²) in [6.07, 6.45) is 7.22. The van der Waals surface area contributed by atoms with Gasteiger partial charge in [0.2, 0.25) is 0 Å². The van der Waals surface area contributed by atoms with Crippen LogP contribution in [0.25, 0.3) is 0 Å².